The number of aliphatic imine (C=N–C) groups is 2. The summed E-state index contributed by atoms with van der Waals surface area (Å²) < 4.78 is 0. The van der Waals surface area contributed by atoms with Gasteiger partial charge in [-0.3, -0.25) is 0 Å². The zero-order chi connectivity index (χ0) is 9.84. The molecule has 1 atom stereocenters. The van der Waals surface area contributed by atoms with Gasteiger partial charge in [-0.25, -0.2) is 4.99 Å². The highest BCUT2D eigenvalue weighted by atomic mass is 15.2. The molecule has 0 aromatic carbocycles. The van der Waals surface area contributed by atoms with Crippen LogP contribution in [0.4, 0.5) is 0 Å². The molecule has 0 radical (unpaired) electrons. The van der Waals surface area contributed by atoms with Crippen LogP contribution in [-0.4, -0.2) is 24.5 Å². The summed E-state index contributed by atoms with van der Waals surface area (Å²) in [6.45, 7) is 5.19. The third kappa shape index (κ3) is 3.31. The van der Waals surface area contributed by atoms with Crippen molar-refractivity contribution < 1.29 is 0 Å². The van der Waals surface area contributed by atoms with Gasteiger partial charge in [-0.1, -0.05) is 13.8 Å². The Morgan fingerprint density at radius 3 is 2.92 bits per heavy atom. The van der Waals surface area contributed by atoms with E-state index in [0.717, 1.165) is 13.0 Å². The number of hydrogen-bond donors (Lipinski definition) is 3. The van der Waals surface area contributed by atoms with Crippen LogP contribution in [0.5, 0.6) is 0 Å². The van der Waals surface area contributed by atoms with Gasteiger partial charge in [-0.2, -0.15) is 4.99 Å². The number of nitrogens with one attached hydrogen (secondary N) is 1. The maximum absolute atomic E-state index is 5.23. The van der Waals surface area contributed by atoms with Crippen LogP contribution in [0.2, 0.25) is 0 Å². The van der Waals surface area contributed by atoms with E-state index in [2.05, 4.69) is 29.1 Å². The Bertz CT molecular complexity index is 227. The van der Waals surface area contributed by atoms with Crippen LogP contribution < -0.4 is 16.8 Å². The molecule has 0 saturated heterocycles. The summed E-state index contributed by atoms with van der Waals surface area (Å²) in [5.41, 5.74) is 10.5. The molecule has 0 aromatic rings. The number of nitrogens with zero attached hydrogens (tertiary/aromatic N) is 2. The van der Waals surface area contributed by atoms with E-state index < -0.39 is 0 Å². The Balaban J connectivity index is 2.49. The molecule has 5 nitrogen and oxygen atoms in total. The van der Waals surface area contributed by atoms with Crippen molar-refractivity contribution >= 4 is 11.9 Å². The van der Waals surface area contributed by atoms with Crippen molar-refractivity contribution in [2.75, 3.05) is 6.54 Å². The fourth-order valence-electron chi connectivity index (χ4n) is 1.34. The van der Waals surface area contributed by atoms with Gasteiger partial charge in [0.15, 0.2) is 5.96 Å². The fraction of sp³-hybridized carbons (Fsp3) is 0.750. The minimum Gasteiger partial charge on any atom is -0.370 e. The molecule has 0 spiro atoms. The molecule has 1 rings (SSSR count). The molecule has 0 saturated carbocycles. The van der Waals surface area contributed by atoms with Crippen LogP contribution in [0.1, 0.15) is 20.3 Å². The van der Waals surface area contributed by atoms with Gasteiger partial charge in [-0.05, 0) is 12.3 Å². The molecular formula is C8H17N5. The van der Waals surface area contributed by atoms with E-state index in [0.29, 0.717) is 17.9 Å². The van der Waals surface area contributed by atoms with E-state index in [-0.39, 0.29) is 5.96 Å². The maximum Gasteiger partial charge on any atom is 0.221 e. The Morgan fingerprint density at radius 1 is 1.69 bits per heavy atom. The average molecular weight is 183 g/mol. The van der Waals surface area contributed by atoms with Crippen molar-refractivity contribution in [2.45, 2.75) is 26.3 Å². The maximum atomic E-state index is 5.23. The monoisotopic (exact) mass is 183 g/mol. The second-order valence-corrected chi connectivity index (χ2v) is 3.65. The molecule has 0 amide bonds. The Morgan fingerprint density at radius 2 is 2.38 bits per heavy atom. The van der Waals surface area contributed by atoms with Crippen LogP contribution in [0, 0.1) is 5.92 Å². The molecule has 0 bridgehead atoms. The third-order valence-corrected chi connectivity index (χ3v) is 1.78. The number of hydrogen-bond acceptors (Lipinski definition) is 3. The average Bonchev–Trinajstić information content (AvgIpc) is 2.33. The van der Waals surface area contributed by atoms with E-state index in [1.165, 1.54) is 0 Å². The van der Waals surface area contributed by atoms with Crippen molar-refractivity contribution in [2.24, 2.45) is 27.4 Å². The minimum atomic E-state index is 0.0523. The van der Waals surface area contributed by atoms with Crippen LogP contribution in [0.15, 0.2) is 9.98 Å². The van der Waals surface area contributed by atoms with Gasteiger partial charge in [0.25, 0.3) is 0 Å². The molecule has 1 heterocycles. The fourth-order valence-corrected chi connectivity index (χ4v) is 1.34. The first-order chi connectivity index (χ1) is 6.08. The van der Waals surface area contributed by atoms with Crippen LogP contribution in [0.25, 0.3) is 0 Å². The lowest BCUT2D eigenvalue weighted by atomic mass is 10.1. The number of guanidine groups is 2. The first kappa shape index (κ1) is 9.83. The van der Waals surface area contributed by atoms with E-state index in [1.54, 1.807) is 0 Å². The molecule has 1 aliphatic rings. The zero-order valence-electron chi connectivity index (χ0n) is 8.12. The van der Waals surface area contributed by atoms with E-state index >= 15 is 0 Å². The highest BCUT2D eigenvalue weighted by molar-refractivity contribution is 5.94. The Labute approximate surface area is 78.3 Å². The second kappa shape index (κ2) is 4.11. The second-order valence-electron chi connectivity index (χ2n) is 3.65. The molecule has 1 unspecified atom stereocenters. The van der Waals surface area contributed by atoms with Crippen LogP contribution >= 0.6 is 0 Å². The standard InChI is InChI=1S/C8H17N5/c1-5(2)3-6-4-11-8(12-6)13-7(9)10/h5-6H,3-4H2,1-2H3,(H5,9,10,11,12,13). The summed E-state index contributed by atoms with van der Waals surface area (Å²) in [5, 5.41) is 3.05. The quantitative estimate of drug-likeness (QED) is 0.403. The first-order valence-corrected chi connectivity index (χ1v) is 4.49. The van der Waals surface area contributed by atoms with Gasteiger partial charge in [0.2, 0.25) is 5.96 Å². The van der Waals surface area contributed by atoms with Crippen molar-refractivity contribution in [1.29, 1.82) is 0 Å². The highest BCUT2D eigenvalue weighted by Crippen LogP contribution is 2.10. The van der Waals surface area contributed by atoms with Crippen molar-refractivity contribution in [1.82, 2.24) is 5.32 Å². The molecule has 5 heteroatoms. The van der Waals surface area contributed by atoms with Crippen LogP contribution in [-0.2, 0) is 0 Å². The van der Waals surface area contributed by atoms with Gasteiger partial charge in [0, 0.05) is 6.54 Å². The predicted octanol–water partition coefficient (Wildman–Crippen LogP) is -0.366. The SMILES string of the molecule is CC(C)CC1CNC(N=C(N)N)=N1. The van der Waals surface area contributed by atoms with Gasteiger partial charge in [0.05, 0.1) is 6.04 Å². The summed E-state index contributed by atoms with van der Waals surface area (Å²) in [6, 6.07) is 0.318. The van der Waals surface area contributed by atoms with Gasteiger partial charge in [0.1, 0.15) is 0 Å². The van der Waals surface area contributed by atoms with Crippen LogP contribution in [0.3, 0.4) is 0 Å². The molecule has 13 heavy (non-hydrogen) atoms. The van der Waals surface area contributed by atoms with E-state index in [1.807, 2.05) is 0 Å². The van der Waals surface area contributed by atoms with Crippen molar-refractivity contribution in [3.8, 4) is 0 Å². The van der Waals surface area contributed by atoms with Gasteiger partial charge >= 0.3 is 0 Å². The number of rotatable bonds is 2. The lowest BCUT2D eigenvalue weighted by Crippen LogP contribution is -2.28. The third-order valence-electron chi connectivity index (χ3n) is 1.78. The molecular weight excluding hydrogens is 166 g/mol. The summed E-state index contributed by atoms with van der Waals surface area (Å²) in [5.74, 6) is 1.26. The molecule has 1 aliphatic heterocycles. The van der Waals surface area contributed by atoms with E-state index in [9.17, 15) is 0 Å². The van der Waals surface area contributed by atoms with Gasteiger partial charge in [-0.15, -0.1) is 0 Å². The molecule has 0 fully saturated rings. The largest absolute Gasteiger partial charge is 0.370 e. The Hall–Kier alpha value is -1.26. The van der Waals surface area contributed by atoms with Crippen molar-refractivity contribution in [3.05, 3.63) is 0 Å². The topological polar surface area (TPSA) is 88.8 Å². The lowest BCUT2D eigenvalue weighted by Gasteiger charge is -2.07. The van der Waals surface area contributed by atoms with E-state index in [4.69, 9.17) is 11.5 Å². The highest BCUT2D eigenvalue weighted by Gasteiger charge is 2.17. The van der Waals surface area contributed by atoms with Gasteiger partial charge < -0.3 is 16.8 Å². The molecule has 5 N–H and O–H groups in total. The first-order valence-electron chi connectivity index (χ1n) is 4.49. The summed E-state index contributed by atoms with van der Waals surface area (Å²) in [6.07, 6.45) is 1.07. The lowest BCUT2D eigenvalue weighted by molar-refractivity contribution is 0.508. The summed E-state index contributed by atoms with van der Waals surface area (Å²) >= 11 is 0. The molecule has 0 aromatic heterocycles. The summed E-state index contributed by atoms with van der Waals surface area (Å²) in [7, 11) is 0. The number of nitrogens with two attached hydrogens (primary N) is 2. The Kier molecular flexibility index (Phi) is 3.11. The predicted molar refractivity (Wildman–Crippen MR) is 54.5 cm³/mol. The smallest absolute Gasteiger partial charge is 0.221 e. The normalized spacial score (nSPS) is 21.2. The van der Waals surface area contributed by atoms with Crippen molar-refractivity contribution in [3.63, 3.8) is 0 Å². The molecule has 0 aliphatic carbocycles. The summed E-state index contributed by atoms with van der Waals surface area (Å²) in [4.78, 5) is 8.17. The molecule has 74 valence electrons. The minimum absolute atomic E-state index is 0.0523. The zero-order valence-corrected chi connectivity index (χ0v) is 8.12.